The van der Waals surface area contributed by atoms with Gasteiger partial charge in [-0.1, -0.05) is 0 Å². The van der Waals surface area contributed by atoms with E-state index in [0.717, 1.165) is 0 Å². The minimum atomic E-state index is 0. The van der Waals surface area contributed by atoms with Crippen LogP contribution in [-0.2, 0) is 140 Å². The summed E-state index contributed by atoms with van der Waals surface area (Å²) in [5.74, 6) is 0. The molecule has 0 fully saturated rings. The van der Waals surface area contributed by atoms with Gasteiger partial charge in [0.25, 0.3) is 0 Å². The van der Waals surface area contributed by atoms with E-state index in [0.29, 0.717) is 0 Å². The molecule has 0 aromatic heterocycles. The van der Waals surface area contributed by atoms with Gasteiger partial charge in [-0.3, -0.25) is 0 Å². The van der Waals surface area contributed by atoms with Crippen LogP contribution in [0.4, 0.5) is 0 Å². The fourth-order valence-corrected chi connectivity index (χ4v) is 0. The summed E-state index contributed by atoms with van der Waals surface area (Å²) in [4.78, 5) is 0. The summed E-state index contributed by atoms with van der Waals surface area (Å²) in [7, 11) is 0. The fraction of sp³-hybridized carbons (Fsp3) is 0. The summed E-state index contributed by atoms with van der Waals surface area (Å²) < 4.78 is 0. The number of hydrogen-bond donors (Lipinski definition) is 0. The zero-order chi connectivity index (χ0) is 0. The van der Waals surface area contributed by atoms with Gasteiger partial charge in [0, 0.05) is 75.1 Å². The van der Waals surface area contributed by atoms with E-state index in [2.05, 4.69) is 0 Å². The summed E-state index contributed by atoms with van der Waals surface area (Å²) in [5, 5.41) is 0. The van der Waals surface area contributed by atoms with Crippen LogP contribution in [0.2, 0.25) is 0 Å². The molecule has 0 atom stereocenters. The Kier molecular flexibility index (Phi) is 3810. The van der Waals surface area contributed by atoms with Crippen molar-refractivity contribution in [2.75, 3.05) is 0 Å². The third kappa shape index (κ3) is 154. The average molecular weight is 491 g/mol. The molecule has 0 amide bonds. The van der Waals surface area contributed by atoms with Gasteiger partial charge in [-0.25, -0.2) is 0 Å². The van der Waals surface area contributed by atoms with Crippen LogP contribution >= 0.6 is 0 Å². The van der Waals surface area contributed by atoms with E-state index in [1.807, 2.05) is 0 Å². The van der Waals surface area contributed by atoms with Crippen molar-refractivity contribution in [3.8, 4) is 0 Å². The molecule has 0 aliphatic heterocycles. The molecule has 0 aromatic carbocycles. The molecule has 11 heteroatoms. The monoisotopic (exact) mass is 494 g/mol. The van der Waals surface area contributed by atoms with Crippen molar-refractivity contribution in [1.29, 1.82) is 0 Å². The van der Waals surface area contributed by atoms with Crippen LogP contribution in [0.3, 0.4) is 0 Å². The van der Waals surface area contributed by atoms with Gasteiger partial charge in [0.05, 0.1) is 0 Å². The molecule has 0 aliphatic carbocycles. The molecule has 0 rings (SSSR count). The van der Waals surface area contributed by atoms with Crippen LogP contribution < -0.4 is 0 Å². The van der Waals surface area contributed by atoms with Crippen LogP contribution in [-0.4, -0.2) is 0 Å². The van der Waals surface area contributed by atoms with Crippen molar-refractivity contribution >= 4 is 0 Å². The quantitative estimate of drug-likeness (QED) is 0.399. The van der Waals surface area contributed by atoms with Gasteiger partial charge in [0.2, 0.25) is 0 Å². The van der Waals surface area contributed by atoms with Crippen molar-refractivity contribution in [3.63, 3.8) is 0 Å². The minimum Gasteiger partial charge on any atom is -2.00 e. The maximum absolute atomic E-state index is 0. The van der Waals surface area contributed by atoms with E-state index in [4.69, 9.17) is 0 Å². The van der Waals surface area contributed by atoms with Gasteiger partial charge in [-0.05, 0) is 0 Å². The molecule has 0 saturated heterocycles. The number of hydrogen-bond acceptors (Lipinski definition) is 0. The maximum Gasteiger partial charge on any atom is 5.00 e. The smallest absolute Gasteiger partial charge is 2.00 e. The molecule has 72 valence electrons. The van der Waals surface area contributed by atoms with Crippen molar-refractivity contribution in [3.05, 3.63) is 0 Å². The number of rotatable bonds is 0. The van der Waals surface area contributed by atoms with Crippen LogP contribution in [0, 0.1) is 0 Å². The van der Waals surface area contributed by atoms with E-state index < -0.39 is 0 Å². The third-order valence-corrected chi connectivity index (χ3v) is 0. The normalized spacial score (nSPS) is 0. The van der Waals surface area contributed by atoms with E-state index in [1.165, 1.54) is 0 Å². The van der Waals surface area contributed by atoms with Gasteiger partial charge < -0.3 is 27.4 Å². The van der Waals surface area contributed by atoms with E-state index in [9.17, 15) is 0 Å². The molecule has 0 heterocycles. The summed E-state index contributed by atoms with van der Waals surface area (Å²) in [6.45, 7) is 0. The molecule has 0 radical (unpaired) electrons. The standard InChI is InChI=1S/2Mo.2Ni.5O.2V/q;;;;5*-2;2*+5. The molecule has 5 nitrogen and oxygen atoms in total. The van der Waals surface area contributed by atoms with Crippen LogP contribution in [0.25, 0.3) is 0 Å². The Hall–Kier alpha value is 3.33. The Morgan fingerprint density at radius 2 is 0.364 bits per heavy atom. The SMILES string of the molecule is [Mo].[Mo].[Ni].[Ni].[O-2].[O-2].[O-2].[O-2].[O-2].[V+5].[V+5]. The van der Waals surface area contributed by atoms with E-state index in [-0.39, 0.29) is 140 Å². The molecule has 0 aliphatic rings. The molecular weight excluding hydrogens is 491 g/mol. The molecule has 0 unspecified atom stereocenters. The van der Waals surface area contributed by atoms with E-state index >= 15 is 0 Å². The second-order valence-corrected chi connectivity index (χ2v) is 0. The summed E-state index contributed by atoms with van der Waals surface area (Å²) >= 11 is 0. The Balaban J connectivity index is 0. The first-order valence-electron chi connectivity index (χ1n) is 0. The van der Waals surface area contributed by atoms with Crippen LogP contribution in [0.15, 0.2) is 0 Å². The first kappa shape index (κ1) is 229. The first-order valence-corrected chi connectivity index (χ1v) is 0. The minimum absolute atomic E-state index is 0. The zero-order valence-electron chi connectivity index (χ0n) is 4.38. The Bertz CT molecular complexity index is 20.4. The third-order valence-electron chi connectivity index (χ3n) is 0. The molecule has 11 heavy (non-hydrogen) atoms. The fourth-order valence-electron chi connectivity index (χ4n) is 0. The van der Waals surface area contributed by atoms with Crippen molar-refractivity contribution in [1.82, 2.24) is 0 Å². The first-order chi connectivity index (χ1) is 0. The van der Waals surface area contributed by atoms with Gasteiger partial charge in [0.15, 0.2) is 0 Å². The van der Waals surface area contributed by atoms with Gasteiger partial charge in [-0.15, -0.1) is 0 Å². The Labute approximate surface area is 138 Å². The largest absolute Gasteiger partial charge is 5.00 e. The molecule has 0 spiro atoms. The molecule has 0 N–H and O–H groups in total. The van der Waals surface area contributed by atoms with Crippen molar-refractivity contribution in [2.45, 2.75) is 0 Å². The second kappa shape index (κ2) is 183. The summed E-state index contributed by atoms with van der Waals surface area (Å²) in [6.07, 6.45) is 0. The summed E-state index contributed by atoms with van der Waals surface area (Å²) in [6, 6.07) is 0. The molecule has 0 aromatic rings. The van der Waals surface area contributed by atoms with Gasteiger partial charge >= 0.3 is 37.1 Å². The molecular formula is Mo2Ni2O5V2. The van der Waals surface area contributed by atoms with Crippen molar-refractivity contribution in [2.24, 2.45) is 0 Å². The molecule has 0 saturated carbocycles. The average Bonchev–Trinajstić information content (AvgIpc) is 0. The predicted molar refractivity (Wildman–Crippen MR) is 3.43 cm³/mol. The van der Waals surface area contributed by atoms with Crippen LogP contribution in [0.5, 0.6) is 0 Å². The second-order valence-electron chi connectivity index (χ2n) is 0. The van der Waals surface area contributed by atoms with Crippen molar-refractivity contribution < 1.29 is 140 Å². The van der Waals surface area contributed by atoms with Gasteiger partial charge in [0.1, 0.15) is 0 Å². The Morgan fingerprint density at radius 1 is 0.364 bits per heavy atom. The Morgan fingerprint density at radius 3 is 0.364 bits per heavy atom. The van der Waals surface area contributed by atoms with E-state index in [1.54, 1.807) is 0 Å². The zero-order valence-corrected chi connectivity index (χ0v) is 13.2. The maximum atomic E-state index is 0. The topological polar surface area (TPSA) is 142 Å². The van der Waals surface area contributed by atoms with Gasteiger partial charge in [-0.2, -0.15) is 0 Å². The molecule has 0 bridgehead atoms. The van der Waals surface area contributed by atoms with Crippen LogP contribution in [0.1, 0.15) is 0 Å². The predicted octanol–water partition coefficient (Wildman–Crippen LogP) is -0.609. The summed E-state index contributed by atoms with van der Waals surface area (Å²) in [5.41, 5.74) is 0.